The third-order valence-electron chi connectivity index (χ3n) is 4.75. The fraction of sp³-hybridized carbons (Fsp3) is 0.647. The van der Waals surface area contributed by atoms with Gasteiger partial charge in [0.05, 0.1) is 13.2 Å². The van der Waals surface area contributed by atoms with Crippen LogP contribution in [0.2, 0.25) is 5.02 Å². The lowest BCUT2D eigenvalue weighted by atomic mass is 10.1. The van der Waals surface area contributed by atoms with E-state index in [1.807, 2.05) is 0 Å². The molecule has 0 aliphatic carbocycles. The Balaban J connectivity index is 1.65. The average molecular weight is 408 g/mol. The molecule has 0 aromatic heterocycles. The molecule has 146 valence electrons. The Bertz CT molecular complexity index is 589. The second-order valence-corrected chi connectivity index (χ2v) is 9.39. The van der Waals surface area contributed by atoms with Crippen molar-refractivity contribution in [2.75, 3.05) is 24.7 Å². The van der Waals surface area contributed by atoms with Gasteiger partial charge in [0.25, 0.3) is 0 Å². The Labute approximate surface area is 159 Å². The molecule has 1 aromatic carbocycles. The van der Waals surface area contributed by atoms with Crippen LogP contribution in [-0.4, -0.2) is 86.0 Å². The minimum Gasteiger partial charge on any atom is -0.391 e. The van der Waals surface area contributed by atoms with Gasteiger partial charge in [-0.3, -0.25) is 0 Å². The standard InChI is InChI=1S/C17H24ClO7S/c18-10-3-1-9(2-4-10)17-24-6-11(20)16(25-17)13(22)8-26-7-12(21)15(23)14(26)5-19/h1-4,11-17,19-23H,5-8H2/q+1/t11-,12-,13-,14-,15+,16+,17?,26?/m1/s1. The average Bonchev–Trinajstić information content (AvgIpc) is 2.89. The zero-order chi connectivity index (χ0) is 18.8. The SMILES string of the molecule is OC[C@@H]1[C@@H](O)[C@H](O)C[S+]1C[C@@H](O)[C@H]1OC(c2ccc(Cl)cc2)OC[C@H]1O. The highest BCUT2D eigenvalue weighted by Crippen LogP contribution is 2.31. The second kappa shape index (κ2) is 8.72. The molecule has 3 rings (SSSR count). The number of aliphatic hydroxyl groups excluding tert-OH is 5. The molecule has 0 spiro atoms. The number of halogens is 1. The first-order valence-electron chi connectivity index (χ1n) is 8.42. The van der Waals surface area contributed by atoms with Gasteiger partial charge in [-0.2, -0.15) is 0 Å². The van der Waals surface area contributed by atoms with Gasteiger partial charge >= 0.3 is 0 Å². The van der Waals surface area contributed by atoms with Crippen molar-refractivity contribution in [2.24, 2.45) is 0 Å². The summed E-state index contributed by atoms with van der Waals surface area (Å²) in [7, 11) is -0.580. The zero-order valence-corrected chi connectivity index (χ0v) is 15.6. The van der Waals surface area contributed by atoms with Gasteiger partial charge in [-0.05, 0) is 12.1 Å². The first-order chi connectivity index (χ1) is 12.4. The number of rotatable bonds is 5. The van der Waals surface area contributed by atoms with Crippen molar-refractivity contribution in [3.8, 4) is 0 Å². The maximum absolute atomic E-state index is 10.6. The fourth-order valence-corrected chi connectivity index (χ4v) is 6.11. The van der Waals surface area contributed by atoms with E-state index in [1.54, 1.807) is 24.3 Å². The Morgan fingerprint density at radius 2 is 1.85 bits per heavy atom. The monoisotopic (exact) mass is 407 g/mol. The molecule has 2 fully saturated rings. The van der Waals surface area contributed by atoms with Crippen molar-refractivity contribution in [1.29, 1.82) is 0 Å². The summed E-state index contributed by atoms with van der Waals surface area (Å²) in [4.78, 5) is 0. The smallest absolute Gasteiger partial charge is 0.184 e. The molecule has 26 heavy (non-hydrogen) atoms. The van der Waals surface area contributed by atoms with E-state index in [4.69, 9.17) is 21.1 Å². The molecule has 7 nitrogen and oxygen atoms in total. The van der Waals surface area contributed by atoms with E-state index in [0.29, 0.717) is 10.8 Å². The fourth-order valence-electron chi connectivity index (χ4n) is 3.30. The van der Waals surface area contributed by atoms with Gasteiger partial charge in [0.1, 0.15) is 42.0 Å². The van der Waals surface area contributed by atoms with Crippen LogP contribution in [0.5, 0.6) is 0 Å². The van der Waals surface area contributed by atoms with Crippen molar-refractivity contribution in [3.05, 3.63) is 34.9 Å². The van der Waals surface area contributed by atoms with Gasteiger partial charge in [-0.15, -0.1) is 0 Å². The maximum Gasteiger partial charge on any atom is 0.184 e. The maximum atomic E-state index is 10.6. The molecule has 1 aromatic rings. The summed E-state index contributed by atoms with van der Waals surface area (Å²) in [6.45, 7) is -0.254. The summed E-state index contributed by atoms with van der Waals surface area (Å²) in [6, 6.07) is 6.91. The molecule has 0 amide bonds. The van der Waals surface area contributed by atoms with E-state index in [1.165, 1.54) is 0 Å². The van der Waals surface area contributed by atoms with Crippen LogP contribution in [-0.2, 0) is 20.4 Å². The number of benzene rings is 1. The highest BCUT2D eigenvalue weighted by molar-refractivity contribution is 7.97. The van der Waals surface area contributed by atoms with Crippen LogP contribution in [0.4, 0.5) is 0 Å². The van der Waals surface area contributed by atoms with Crippen molar-refractivity contribution >= 4 is 22.5 Å². The highest BCUT2D eigenvalue weighted by Gasteiger charge is 2.51. The van der Waals surface area contributed by atoms with Gasteiger partial charge in [-0.1, -0.05) is 23.7 Å². The summed E-state index contributed by atoms with van der Waals surface area (Å²) in [5.41, 5.74) is 0.723. The molecule has 0 radical (unpaired) electrons. The molecule has 0 bridgehead atoms. The van der Waals surface area contributed by atoms with Gasteiger partial charge in [0, 0.05) is 21.5 Å². The molecule has 2 aliphatic rings. The molecule has 2 saturated heterocycles. The quantitative estimate of drug-likeness (QED) is 0.405. The molecular formula is C17H24ClO7S+. The summed E-state index contributed by atoms with van der Waals surface area (Å²) in [6.07, 6.45) is -5.53. The molecule has 2 aliphatic heterocycles. The topological polar surface area (TPSA) is 120 Å². The lowest BCUT2D eigenvalue weighted by molar-refractivity contribution is -0.273. The van der Waals surface area contributed by atoms with Crippen LogP contribution < -0.4 is 0 Å². The normalized spacial score (nSPS) is 39.1. The van der Waals surface area contributed by atoms with E-state index < -0.39 is 53.0 Å². The number of ether oxygens (including phenoxy) is 2. The Hall–Kier alpha value is -0.420. The molecular weight excluding hydrogens is 384 g/mol. The summed E-state index contributed by atoms with van der Waals surface area (Å²) < 4.78 is 11.3. The van der Waals surface area contributed by atoms with Crippen LogP contribution in [0.25, 0.3) is 0 Å². The summed E-state index contributed by atoms with van der Waals surface area (Å²) in [5, 5.41) is 50.1. The molecule has 8 atom stereocenters. The minimum absolute atomic E-state index is 0.0114. The lowest BCUT2D eigenvalue weighted by Crippen LogP contribution is -2.50. The second-order valence-electron chi connectivity index (χ2n) is 6.60. The van der Waals surface area contributed by atoms with Crippen molar-refractivity contribution < 1.29 is 35.0 Å². The molecule has 9 heteroatoms. The predicted molar refractivity (Wildman–Crippen MR) is 97.0 cm³/mol. The Morgan fingerprint density at radius 1 is 1.15 bits per heavy atom. The predicted octanol–water partition coefficient (Wildman–Crippen LogP) is -0.810. The van der Waals surface area contributed by atoms with Crippen molar-refractivity contribution in [3.63, 3.8) is 0 Å². The van der Waals surface area contributed by atoms with Crippen LogP contribution in [0, 0.1) is 0 Å². The number of aliphatic hydroxyl groups is 5. The van der Waals surface area contributed by atoms with E-state index in [9.17, 15) is 25.5 Å². The van der Waals surface area contributed by atoms with Gasteiger partial charge in [-0.25, -0.2) is 0 Å². The Morgan fingerprint density at radius 3 is 2.50 bits per heavy atom. The first-order valence-corrected chi connectivity index (χ1v) is 10.4. The Kier molecular flexibility index (Phi) is 6.82. The van der Waals surface area contributed by atoms with Gasteiger partial charge in [0.15, 0.2) is 11.5 Å². The summed E-state index contributed by atoms with van der Waals surface area (Å²) in [5.74, 6) is 0.526. The third kappa shape index (κ3) is 4.35. The molecule has 2 unspecified atom stereocenters. The third-order valence-corrected chi connectivity index (χ3v) is 7.83. The molecule has 0 saturated carbocycles. The van der Waals surface area contributed by atoms with E-state index in [0.717, 1.165) is 5.56 Å². The first kappa shape index (κ1) is 20.3. The van der Waals surface area contributed by atoms with Gasteiger partial charge < -0.3 is 35.0 Å². The van der Waals surface area contributed by atoms with Crippen LogP contribution in [0.1, 0.15) is 11.9 Å². The van der Waals surface area contributed by atoms with Gasteiger partial charge in [0.2, 0.25) is 0 Å². The van der Waals surface area contributed by atoms with Crippen LogP contribution in [0.3, 0.4) is 0 Å². The minimum atomic E-state index is -1.02. The highest BCUT2D eigenvalue weighted by atomic mass is 35.5. The van der Waals surface area contributed by atoms with E-state index >= 15 is 0 Å². The molecule has 5 N–H and O–H groups in total. The van der Waals surface area contributed by atoms with Crippen molar-refractivity contribution in [2.45, 2.75) is 42.1 Å². The molecule has 2 heterocycles. The lowest BCUT2D eigenvalue weighted by Gasteiger charge is -2.36. The van der Waals surface area contributed by atoms with E-state index in [-0.39, 0.29) is 19.0 Å². The van der Waals surface area contributed by atoms with Crippen molar-refractivity contribution in [1.82, 2.24) is 0 Å². The van der Waals surface area contributed by atoms with Crippen LogP contribution >= 0.6 is 11.6 Å². The number of hydrogen-bond donors (Lipinski definition) is 5. The van der Waals surface area contributed by atoms with Crippen LogP contribution in [0.15, 0.2) is 24.3 Å². The number of hydrogen-bond acceptors (Lipinski definition) is 7. The summed E-state index contributed by atoms with van der Waals surface area (Å²) >= 11 is 5.88. The largest absolute Gasteiger partial charge is 0.391 e. The van der Waals surface area contributed by atoms with E-state index in [2.05, 4.69) is 0 Å². The zero-order valence-electron chi connectivity index (χ0n) is 14.0.